The van der Waals surface area contributed by atoms with E-state index in [9.17, 15) is 18.0 Å². The van der Waals surface area contributed by atoms with Crippen molar-refractivity contribution < 1.29 is 18.0 Å². The zero-order chi connectivity index (χ0) is 20.9. The number of rotatable bonds is 6. The summed E-state index contributed by atoms with van der Waals surface area (Å²) in [6.45, 7) is 8.53. The number of nitrogens with one attached hydrogen (secondary N) is 2. The van der Waals surface area contributed by atoms with E-state index in [1.54, 1.807) is 32.9 Å². The molecule has 1 heterocycles. The van der Waals surface area contributed by atoms with Crippen LogP contribution in [0.4, 0.5) is 5.69 Å². The second-order valence-corrected chi connectivity index (χ2v) is 10.2. The maximum atomic E-state index is 12.8. The van der Waals surface area contributed by atoms with Gasteiger partial charge in [-0.15, -0.1) is 0 Å². The number of carbonyl (C=O) groups is 2. The molecule has 28 heavy (non-hydrogen) atoms. The molecule has 0 aromatic heterocycles. The van der Waals surface area contributed by atoms with Crippen LogP contribution >= 0.6 is 0 Å². The van der Waals surface area contributed by atoms with Crippen LogP contribution in [0.5, 0.6) is 0 Å². The van der Waals surface area contributed by atoms with E-state index in [1.165, 1.54) is 10.4 Å². The van der Waals surface area contributed by atoms with Crippen molar-refractivity contribution in [2.75, 3.05) is 25.0 Å². The maximum absolute atomic E-state index is 12.8. The number of nitrogens with zero attached hydrogens (tertiary/aromatic N) is 1. The van der Waals surface area contributed by atoms with Crippen molar-refractivity contribution in [3.63, 3.8) is 0 Å². The van der Waals surface area contributed by atoms with E-state index >= 15 is 0 Å². The minimum absolute atomic E-state index is 0.115. The first-order valence-corrected chi connectivity index (χ1v) is 11.1. The van der Waals surface area contributed by atoms with Gasteiger partial charge in [0.2, 0.25) is 21.8 Å². The molecule has 2 rings (SSSR count). The van der Waals surface area contributed by atoms with Gasteiger partial charge in [0.1, 0.15) is 0 Å². The summed E-state index contributed by atoms with van der Waals surface area (Å²) in [6.07, 6.45) is 2.90. The number of piperidine rings is 1. The molecule has 0 aliphatic carbocycles. The van der Waals surface area contributed by atoms with E-state index in [-0.39, 0.29) is 29.7 Å². The van der Waals surface area contributed by atoms with Crippen molar-refractivity contribution in [1.82, 2.24) is 9.62 Å². The Balaban J connectivity index is 2.03. The molecule has 1 saturated heterocycles. The monoisotopic (exact) mass is 409 g/mol. The predicted molar refractivity (Wildman–Crippen MR) is 110 cm³/mol. The van der Waals surface area contributed by atoms with Crippen molar-refractivity contribution in [2.45, 2.75) is 58.3 Å². The van der Waals surface area contributed by atoms with Crippen LogP contribution in [0.3, 0.4) is 0 Å². The van der Waals surface area contributed by atoms with E-state index in [0.717, 1.165) is 24.8 Å². The molecule has 156 valence electrons. The molecule has 1 aliphatic rings. The molecule has 2 amide bonds. The van der Waals surface area contributed by atoms with Crippen LogP contribution < -0.4 is 10.6 Å². The molecule has 0 atom stereocenters. The van der Waals surface area contributed by atoms with E-state index in [1.807, 2.05) is 6.92 Å². The quantitative estimate of drug-likeness (QED) is 0.755. The van der Waals surface area contributed by atoms with E-state index in [4.69, 9.17) is 0 Å². The third-order valence-corrected chi connectivity index (χ3v) is 6.65. The first kappa shape index (κ1) is 22.4. The Morgan fingerprint density at radius 3 is 2.36 bits per heavy atom. The zero-order valence-electron chi connectivity index (χ0n) is 17.2. The normalized spacial score (nSPS) is 15.9. The van der Waals surface area contributed by atoms with Gasteiger partial charge in [0, 0.05) is 37.2 Å². The van der Waals surface area contributed by atoms with Gasteiger partial charge in [0.25, 0.3) is 0 Å². The van der Waals surface area contributed by atoms with Gasteiger partial charge in [-0.1, -0.05) is 33.3 Å². The molecule has 1 aromatic carbocycles. The Morgan fingerprint density at radius 2 is 1.75 bits per heavy atom. The number of hydrogen-bond acceptors (Lipinski definition) is 4. The summed E-state index contributed by atoms with van der Waals surface area (Å²) in [6, 6.07) is 4.80. The molecule has 2 N–H and O–H groups in total. The third kappa shape index (κ3) is 5.78. The van der Waals surface area contributed by atoms with Gasteiger partial charge in [-0.3, -0.25) is 9.59 Å². The number of anilines is 1. The molecular formula is C20H31N3O4S. The first-order valence-electron chi connectivity index (χ1n) is 9.71. The van der Waals surface area contributed by atoms with Crippen LogP contribution in [0.25, 0.3) is 0 Å². The first-order chi connectivity index (χ1) is 13.0. The predicted octanol–water partition coefficient (Wildman–Crippen LogP) is 2.66. The number of aryl methyl sites for hydroxylation is 1. The van der Waals surface area contributed by atoms with E-state index in [0.29, 0.717) is 18.8 Å². The highest BCUT2D eigenvalue weighted by molar-refractivity contribution is 7.89. The number of hydrogen-bond donors (Lipinski definition) is 2. The fourth-order valence-corrected chi connectivity index (χ4v) is 4.46. The third-order valence-electron chi connectivity index (χ3n) is 4.75. The average Bonchev–Trinajstić information content (AvgIpc) is 2.63. The summed E-state index contributed by atoms with van der Waals surface area (Å²) < 4.78 is 27.2. The molecule has 1 aromatic rings. The number of amides is 2. The number of benzene rings is 1. The van der Waals surface area contributed by atoms with Gasteiger partial charge in [-0.05, 0) is 37.5 Å². The van der Waals surface area contributed by atoms with Crippen molar-refractivity contribution in [1.29, 1.82) is 0 Å². The highest BCUT2D eigenvalue weighted by atomic mass is 32.2. The summed E-state index contributed by atoms with van der Waals surface area (Å²) in [5, 5.41) is 5.50. The summed E-state index contributed by atoms with van der Waals surface area (Å²) in [5.41, 5.74) is 0.749. The van der Waals surface area contributed by atoms with Crippen LogP contribution in [0.1, 0.15) is 52.0 Å². The Hall–Kier alpha value is -1.93. The Bertz CT molecular complexity index is 822. The summed E-state index contributed by atoms with van der Waals surface area (Å²) in [7, 11) is -3.56. The molecule has 0 saturated carbocycles. The molecule has 8 heteroatoms. The SMILES string of the molecule is Cc1ccc(S(=O)(=O)N2CCCCC2)cc1NC(=O)CCNC(=O)C(C)(C)C. The molecule has 7 nitrogen and oxygen atoms in total. The minimum atomic E-state index is -3.56. The second kappa shape index (κ2) is 9.05. The Labute approximate surface area is 167 Å². The van der Waals surface area contributed by atoms with Crippen LogP contribution in [-0.4, -0.2) is 44.2 Å². The fraction of sp³-hybridized carbons (Fsp3) is 0.600. The van der Waals surface area contributed by atoms with Crippen LogP contribution in [0.2, 0.25) is 0 Å². The smallest absolute Gasteiger partial charge is 0.243 e. The molecule has 0 radical (unpaired) electrons. The topological polar surface area (TPSA) is 95.6 Å². The van der Waals surface area contributed by atoms with Gasteiger partial charge < -0.3 is 10.6 Å². The number of sulfonamides is 1. The lowest BCUT2D eigenvalue weighted by atomic mass is 9.96. The van der Waals surface area contributed by atoms with Crippen LogP contribution in [0.15, 0.2) is 23.1 Å². The van der Waals surface area contributed by atoms with Crippen LogP contribution in [0, 0.1) is 12.3 Å². The number of carbonyl (C=O) groups excluding carboxylic acids is 2. The minimum Gasteiger partial charge on any atom is -0.355 e. The van der Waals surface area contributed by atoms with Gasteiger partial charge in [0.15, 0.2) is 0 Å². The van der Waals surface area contributed by atoms with Crippen LogP contribution in [-0.2, 0) is 19.6 Å². The zero-order valence-corrected chi connectivity index (χ0v) is 18.0. The Kier molecular flexibility index (Phi) is 7.22. The van der Waals surface area contributed by atoms with Gasteiger partial charge in [-0.25, -0.2) is 8.42 Å². The lowest BCUT2D eigenvalue weighted by Crippen LogP contribution is -2.36. The summed E-state index contributed by atoms with van der Waals surface area (Å²) in [4.78, 5) is 24.3. The molecule has 0 bridgehead atoms. The van der Waals surface area contributed by atoms with Gasteiger partial charge in [0.05, 0.1) is 4.90 Å². The standard InChI is InChI=1S/C20H31N3O4S/c1-15-8-9-16(28(26,27)23-12-6-5-7-13-23)14-17(15)22-18(24)10-11-21-19(25)20(2,3)4/h8-9,14H,5-7,10-13H2,1-4H3,(H,21,25)(H,22,24). The van der Waals surface area contributed by atoms with Crippen molar-refractivity contribution in [3.05, 3.63) is 23.8 Å². The van der Waals surface area contributed by atoms with Crippen molar-refractivity contribution in [3.8, 4) is 0 Å². The maximum Gasteiger partial charge on any atom is 0.243 e. The summed E-state index contributed by atoms with van der Waals surface area (Å²) in [5.74, 6) is -0.393. The van der Waals surface area contributed by atoms with Crippen molar-refractivity contribution in [2.24, 2.45) is 5.41 Å². The van der Waals surface area contributed by atoms with Gasteiger partial charge in [-0.2, -0.15) is 4.31 Å². The lowest BCUT2D eigenvalue weighted by Gasteiger charge is -2.26. The van der Waals surface area contributed by atoms with Gasteiger partial charge >= 0.3 is 0 Å². The fourth-order valence-electron chi connectivity index (χ4n) is 2.92. The summed E-state index contributed by atoms with van der Waals surface area (Å²) >= 11 is 0. The van der Waals surface area contributed by atoms with E-state index < -0.39 is 15.4 Å². The molecule has 0 spiro atoms. The Morgan fingerprint density at radius 1 is 1.11 bits per heavy atom. The van der Waals surface area contributed by atoms with Crippen molar-refractivity contribution >= 4 is 27.5 Å². The molecule has 1 fully saturated rings. The highest BCUT2D eigenvalue weighted by Gasteiger charge is 2.26. The highest BCUT2D eigenvalue weighted by Crippen LogP contribution is 2.25. The average molecular weight is 410 g/mol. The van der Waals surface area contributed by atoms with E-state index in [2.05, 4.69) is 10.6 Å². The largest absolute Gasteiger partial charge is 0.355 e. The lowest BCUT2D eigenvalue weighted by molar-refractivity contribution is -0.128. The molecule has 0 unspecified atom stereocenters. The molecule has 1 aliphatic heterocycles. The molecular weight excluding hydrogens is 378 g/mol. The second-order valence-electron chi connectivity index (χ2n) is 8.25.